The number of aromatic nitrogens is 2. The number of phenolic OH excluding ortho intramolecular Hbond substituents is 1. The van der Waals surface area contributed by atoms with Crippen LogP contribution >= 0.6 is 11.8 Å². The van der Waals surface area contributed by atoms with Crippen LogP contribution in [0.4, 0.5) is 4.39 Å². The number of aromatic hydroxyl groups is 1. The van der Waals surface area contributed by atoms with Crippen molar-refractivity contribution in [2.75, 3.05) is 5.75 Å². The number of Topliss-reactive ketones (excluding diaryl/α,β-unsaturated/α-hetero) is 1. The van der Waals surface area contributed by atoms with Gasteiger partial charge in [0.2, 0.25) is 0 Å². The van der Waals surface area contributed by atoms with Crippen molar-refractivity contribution in [1.29, 1.82) is 0 Å². The largest absolute Gasteiger partial charge is 0.507 e. The molecule has 0 atom stereocenters. The SMILES string of the molecule is O=C(CSc1cnccn1)c1cc(F)ccc1O. The zero-order chi connectivity index (χ0) is 13.0. The van der Waals surface area contributed by atoms with Crippen molar-refractivity contribution in [3.05, 3.63) is 48.2 Å². The number of hydrogen-bond acceptors (Lipinski definition) is 5. The lowest BCUT2D eigenvalue weighted by molar-refractivity contribution is 0.101. The van der Waals surface area contributed by atoms with E-state index in [2.05, 4.69) is 9.97 Å². The molecule has 0 unspecified atom stereocenters. The Morgan fingerprint density at radius 1 is 1.39 bits per heavy atom. The molecule has 2 rings (SSSR count). The van der Waals surface area contributed by atoms with E-state index in [1.165, 1.54) is 30.4 Å². The second-order valence-corrected chi connectivity index (χ2v) is 4.41. The van der Waals surface area contributed by atoms with Gasteiger partial charge in [0.15, 0.2) is 5.78 Å². The van der Waals surface area contributed by atoms with Crippen LogP contribution in [0, 0.1) is 5.82 Å². The zero-order valence-electron chi connectivity index (χ0n) is 9.21. The Hall–Kier alpha value is -1.95. The summed E-state index contributed by atoms with van der Waals surface area (Å²) < 4.78 is 13.0. The van der Waals surface area contributed by atoms with E-state index < -0.39 is 5.82 Å². The average molecular weight is 264 g/mol. The standard InChI is InChI=1S/C12H9FN2O2S/c13-8-1-2-10(16)9(5-8)11(17)7-18-12-6-14-3-4-15-12/h1-6,16H,7H2. The minimum atomic E-state index is -0.555. The Bertz CT molecular complexity index is 563. The van der Waals surface area contributed by atoms with Crippen molar-refractivity contribution in [1.82, 2.24) is 9.97 Å². The zero-order valence-corrected chi connectivity index (χ0v) is 10.0. The van der Waals surface area contributed by atoms with E-state index in [9.17, 15) is 14.3 Å². The highest BCUT2D eigenvalue weighted by Gasteiger charge is 2.12. The molecule has 18 heavy (non-hydrogen) atoms. The molecule has 4 nitrogen and oxygen atoms in total. The Labute approximate surface area is 107 Å². The Morgan fingerprint density at radius 3 is 2.94 bits per heavy atom. The first-order chi connectivity index (χ1) is 8.66. The van der Waals surface area contributed by atoms with Gasteiger partial charge in [0.25, 0.3) is 0 Å². The number of benzene rings is 1. The van der Waals surface area contributed by atoms with Crippen molar-refractivity contribution < 1.29 is 14.3 Å². The summed E-state index contributed by atoms with van der Waals surface area (Å²) in [5, 5.41) is 10.1. The van der Waals surface area contributed by atoms with Gasteiger partial charge in [-0.05, 0) is 18.2 Å². The van der Waals surface area contributed by atoms with Crippen LogP contribution in [0.3, 0.4) is 0 Å². The van der Waals surface area contributed by atoms with Gasteiger partial charge in [-0.25, -0.2) is 9.37 Å². The smallest absolute Gasteiger partial charge is 0.176 e. The third-order valence-corrected chi connectivity index (χ3v) is 3.06. The van der Waals surface area contributed by atoms with Gasteiger partial charge in [-0.2, -0.15) is 0 Å². The van der Waals surface area contributed by atoms with Gasteiger partial charge in [0, 0.05) is 12.4 Å². The van der Waals surface area contributed by atoms with Gasteiger partial charge in [0.1, 0.15) is 16.6 Å². The van der Waals surface area contributed by atoms with Crippen molar-refractivity contribution in [2.24, 2.45) is 0 Å². The highest BCUT2D eigenvalue weighted by atomic mass is 32.2. The summed E-state index contributed by atoms with van der Waals surface area (Å²) in [6, 6.07) is 3.28. The molecule has 2 aromatic rings. The van der Waals surface area contributed by atoms with Crippen LogP contribution < -0.4 is 0 Å². The van der Waals surface area contributed by atoms with Crippen LogP contribution in [0.5, 0.6) is 5.75 Å². The lowest BCUT2D eigenvalue weighted by atomic mass is 10.1. The van der Waals surface area contributed by atoms with Gasteiger partial charge < -0.3 is 5.11 Å². The van der Waals surface area contributed by atoms with E-state index in [0.717, 1.165) is 18.2 Å². The predicted octanol–water partition coefficient (Wildman–Crippen LogP) is 2.30. The first kappa shape index (κ1) is 12.5. The molecule has 0 radical (unpaired) electrons. The van der Waals surface area contributed by atoms with E-state index in [4.69, 9.17) is 0 Å². The maximum atomic E-state index is 13.0. The molecule has 0 saturated carbocycles. The number of rotatable bonds is 4. The highest BCUT2D eigenvalue weighted by molar-refractivity contribution is 7.99. The molecule has 0 saturated heterocycles. The van der Waals surface area contributed by atoms with Gasteiger partial charge in [-0.3, -0.25) is 9.78 Å². The van der Waals surface area contributed by atoms with Crippen LogP contribution in [-0.4, -0.2) is 26.6 Å². The number of hydrogen-bond donors (Lipinski definition) is 1. The van der Waals surface area contributed by atoms with Crippen LogP contribution in [-0.2, 0) is 0 Å². The fourth-order valence-corrected chi connectivity index (χ4v) is 2.01. The molecule has 6 heteroatoms. The number of nitrogens with zero attached hydrogens (tertiary/aromatic N) is 2. The summed E-state index contributed by atoms with van der Waals surface area (Å²) in [6.07, 6.45) is 4.58. The molecule has 1 heterocycles. The van der Waals surface area contributed by atoms with Crippen molar-refractivity contribution in [3.8, 4) is 5.75 Å². The molecule has 0 amide bonds. The van der Waals surface area contributed by atoms with Crippen molar-refractivity contribution in [2.45, 2.75) is 5.03 Å². The number of thioether (sulfide) groups is 1. The fraction of sp³-hybridized carbons (Fsp3) is 0.0833. The predicted molar refractivity (Wildman–Crippen MR) is 65.2 cm³/mol. The van der Waals surface area contributed by atoms with Crippen molar-refractivity contribution in [3.63, 3.8) is 0 Å². The lowest BCUT2D eigenvalue weighted by Gasteiger charge is -2.03. The molecule has 1 aromatic carbocycles. The van der Waals surface area contributed by atoms with E-state index in [1.54, 1.807) is 0 Å². The topological polar surface area (TPSA) is 63.1 Å². The summed E-state index contributed by atoms with van der Waals surface area (Å²) in [5.41, 5.74) is -0.0219. The number of ketones is 1. The van der Waals surface area contributed by atoms with E-state index >= 15 is 0 Å². The molecule has 1 N–H and O–H groups in total. The molecule has 0 spiro atoms. The second kappa shape index (κ2) is 5.59. The second-order valence-electron chi connectivity index (χ2n) is 3.42. The summed E-state index contributed by atoms with van der Waals surface area (Å²) in [6.45, 7) is 0. The quantitative estimate of drug-likeness (QED) is 0.678. The van der Waals surface area contributed by atoms with Crippen LogP contribution in [0.15, 0.2) is 41.8 Å². The maximum absolute atomic E-state index is 13.0. The minimum Gasteiger partial charge on any atom is -0.507 e. The summed E-state index contributed by atoms with van der Waals surface area (Å²) >= 11 is 1.18. The van der Waals surface area contributed by atoms with E-state index in [1.807, 2.05) is 0 Å². The summed E-state index contributed by atoms with van der Waals surface area (Å²) in [4.78, 5) is 19.7. The Morgan fingerprint density at radius 2 is 2.22 bits per heavy atom. The Balaban J connectivity index is 2.06. The molecule has 92 valence electrons. The first-order valence-electron chi connectivity index (χ1n) is 5.07. The molecule has 0 fully saturated rings. The van der Waals surface area contributed by atoms with Crippen LogP contribution in [0.1, 0.15) is 10.4 Å². The molecular formula is C12H9FN2O2S. The van der Waals surface area contributed by atoms with Crippen LogP contribution in [0.2, 0.25) is 0 Å². The number of carbonyl (C=O) groups excluding carboxylic acids is 1. The number of carbonyl (C=O) groups is 1. The third kappa shape index (κ3) is 3.04. The summed E-state index contributed by atoms with van der Waals surface area (Å²) in [7, 11) is 0. The minimum absolute atomic E-state index is 0.0219. The summed E-state index contributed by atoms with van der Waals surface area (Å²) in [5.74, 6) is -1.07. The molecule has 0 aliphatic rings. The third-order valence-electron chi connectivity index (χ3n) is 2.15. The maximum Gasteiger partial charge on any atom is 0.176 e. The molecule has 0 aliphatic heterocycles. The fourth-order valence-electron chi connectivity index (χ4n) is 1.31. The Kier molecular flexibility index (Phi) is 3.88. The van der Waals surface area contributed by atoms with Gasteiger partial charge in [0.05, 0.1) is 17.5 Å². The molecule has 1 aromatic heterocycles. The normalized spacial score (nSPS) is 10.3. The van der Waals surface area contributed by atoms with Crippen LogP contribution in [0.25, 0.3) is 0 Å². The average Bonchev–Trinajstić information content (AvgIpc) is 2.40. The van der Waals surface area contributed by atoms with E-state index in [-0.39, 0.29) is 22.8 Å². The van der Waals surface area contributed by atoms with Gasteiger partial charge in [-0.1, -0.05) is 11.8 Å². The number of halogens is 1. The van der Waals surface area contributed by atoms with Crippen molar-refractivity contribution >= 4 is 17.5 Å². The molecule has 0 aliphatic carbocycles. The van der Waals surface area contributed by atoms with Gasteiger partial charge in [-0.15, -0.1) is 0 Å². The van der Waals surface area contributed by atoms with Gasteiger partial charge >= 0.3 is 0 Å². The van der Waals surface area contributed by atoms with E-state index in [0.29, 0.717) is 5.03 Å². The highest BCUT2D eigenvalue weighted by Crippen LogP contribution is 2.22. The monoisotopic (exact) mass is 264 g/mol. The first-order valence-corrected chi connectivity index (χ1v) is 6.06. The lowest BCUT2D eigenvalue weighted by Crippen LogP contribution is -2.03. The molecule has 0 bridgehead atoms. The molecular weight excluding hydrogens is 255 g/mol. The number of phenols is 1.